The second-order valence-corrected chi connectivity index (χ2v) is 8.43. The first-order valence-corrected chi connectivity index (χ1v) is 9.96. The Bertz CT molecular complexity index is 536. The van der Waals surface area contributed by atoms with Gasteiger partial charge in [-0.05, 0) is 68.8 Å². The predicted octanol–water partition coefficient (Wildman–Crippen LogP) is 4.53. The zero-order chi connectivity index (χ0) is 17.5. The van der Waals surface area contributed by atoms with Gasteiger partial charge >= 0.3 is 0 Å². The minimum atomic E-state index is 0. The SMILES string of the molecule is CNCC1CCCN(C(=O)C(Cc2cccc(Br)c2)CC(C)C)C1.Cl. The number of likely N-dealkylation sites (tertiary alicyclic amines) is 1. The van der Waals surface area contributed by atoms with Crippen molar-refractivity contribution in [2.45, 2.75) is 39.5 Å². The van der Waals surface area contributed by atoms with E-state index in [0.717, 1.165) is 43.4 Å². The summed E-state index contributed by atoms with van der Waals surface area (Å²) in [6.45, 7) is 7.26. The van der Waals surface area contributed by atoms with Gasteiger partial charge in [-0.15, -0.1) is 12.4 Å². The van der Waals surface area contributed by atoms with Crippen molar-refractivity contribution < 1.29 is 4.79 Å². The van der Waals surface area contributed by atoms with Crippen LogP contribution in [0.5, 0.6) is 0 Å². The maximum Gasteiger partial charge on any atom is 0.226 e. The summed E-state index contributed by atoms with van der Waals surface area (Å²) in [7, 11) is 2.00. The van der Waals surface area contributed by atoms with Crippen molar-refractivity contribution >= 4 is 34.2 Å². The summed E-state index contributed by atoms with van der Waals surface area (Å²) in [5, 5.41) is 3.26. The molecule has 1 heterocycles. The van der Waals surface area contributed by atoms with Gasteiger partial charge in [0, 0.05) is 23.5 Å². The average molecular weight is 432 g/mol. The lowest BCUT2D eigenvalue weighted by Crippen LogP contribution is -2.45. The molecule has 1 fully saturated rings. The molecule has 0 aliphatic carbocycles. The lowest BCUT2D eigenvalue weighted by molar-refractivity contribution is -0.137. The summed E-state index contributed by atoms with van der Waals surface area (Å²) in [5.74, 6) is 1.57. The summed E-state index contributed by atoms with van der Waals surface area (Å²) in [4.78, 5) is 15.3. The molecule has 0 saturated carbocycles. The molecule has 1 N–H and O–H groups in total. The average Bonchev–Trinajstić information content (AvgIpc) is 2.54. The molecule has 0 bridgehead atoms. The monoisotopic (exact) mass is 430 g/mol. The molecule has 2 rings (SSSR count). The van der Waals surface area contributed by atoms with E-state index in [2.05, 4.69) is 58.2 Å². The molecule has 1 aromatic carbocycles. The van der Waals surface area contributed by atoms with Crippen LogP contribution in [0.1, 0.15) is 38.7 Å². The first-order chi connectivity index (χ1) is 11.5. The number of nitrogens with zero attached hydrogens (tertiary/aromatic N) is 1. The van der Waals surface area contributed by atoms with Crippen molar-refractivity contribution in [3.8, 4) is 0 Å². The Morgan fingerprint density at radius 1 is 1.40 bits per heavy atom. The van der Waals surface area contributed by atoms with E-state index in [-0.39, 0.29) is 18.3 Å². The predicted molar refractivity (Wildman–Crippen MR) is 111 cm³/mol. The van der Waals surface area contributed by atoms with E-state index in [9.17, 15) is 4.79 Å². The molecule has 1 amide bonds. The standard InChI is InChI=1S/C20H31BrN2O.ClH/c1-15(2)10-18(11-16-6-4-8-19(21)12-16)20(24)23-9-5-7-17(14-23)13-22-3;/h4,6,8,12,15,17-18,22H,5,7,9-11,13-14H2,1-3H3;1H. The molecule has 1 aromatic rings. The van der Waals surface area contributed by atoms with E-state index in [1.165, 1.54) is 12.0 Å². The third-order valence-electron chi connectivity index (χ3n) is 4.80. The van der Waals surface area contributed by atoms with E-state index in [1.54, 1.807) is 0 Å². The van der Waals surface area contributed by atoms with Crippen molar-refractivity contribution in [1.82, 2.24) is 10.2 Å². The normalized spacial score (nSPS) is 18.8. The minimum Gasteiger partial charge on any atom is -0.342 e. The number of hydrogen-bond donors (Lipinski definition) is 1. The summed E-state index contributed by atoms with van der Waals surface area (Å²) in [5.41, 5.74) is 1.24. The van der Waals surface area contributed by atoms with Gasteiger partial charge in [-0.1, -0.05) is 41.9 Å². The van der Waals surface area contributed by atoms with Crippen LogP contribution < -0.4 is 5.32 Å². The van der Waals surface area contributed by atoms with E-state index in [1.807, 2.05) is 13.1 Å². The number of rotatable bonds is 7. The largest absolute Gasteiger partial charge is 0.342 e. The smallest absolute Gasteiger partial charge is 0.226 e. The molecule has 3 nitrogen and oxygen atoms in total. The van der Waals surface area contributed by atoms with Crippen molar-refractivity contribution in [2.75, 3.05) is 26.7 Å². The Hall–Kier alpha value is -0.580. The van der Waals surface area contributed by atoms with Crippen LogP contribution in [-0.2, 0) is 11.2 Å². The Labute approximate surface area is 167 Å². The summed E-state index contributed by atoms with van der Waals surface area (Å²) in [6.07, 6.45) is 4.15. The Kier molecular flexibility index (Phi) is 10.1. The van der Waals surface area contributed by atoms with Gasteiger partial charge in [-0.3, -0.25) is 4.79 Å². The van der Waals surface area contributed by atoms with Gasteiger partial charge in [0.15, 0.2) is 0 Å². The van der Waals surface area contributed by atoms with Crippen molar-refractivity contribution in [2.24, 2.45) is 17.8 Å². The molecule has 0 radical (unpaired) electrons. The van der Waals surface area contributed by atoms with Gasteiger partial charge in [-0.2, -0.15) is 0 Å². The topological polar surface area (TPSA) is 32.3 Å². The highest BCUT2D eigenvalue weighted by Crippen LogP contribution is 2.24. The molecule has 142 valence electrons. The molecule has 1 aliphatic heterocycles. The molecule has 1 saturated heterocycles. The van der Waals surface area contributed by atoms with Crippen LogP contribution in [0.3, 0.4) is 0 Å². The first-order valence-electron chi connectivity index (χ1n) is 9.17. The second-order valence-electron chi connectivity index (χ2n) is 7.51. The number of piperidine rings is 1. The molecule has 1 aliphatic rings. The molecule has 2 atom stereocenters. The van der Waals surface area contributed by atoms with Gasteiger partial charge in [0.05, 0.1) is 0 Å². The van der Waals surface area contributed by atoms with E-state index < -0.39 is 0 Å². The fourth-order valence-electron chi connectivity index (χ4n) is 3.77. The highest BCUT2D eigenvalue weighted by atomic mass is 79.9. The minimum absolute atomic E-state index is 0. The Morgan fingerprint density at radius 3 is 2.80 bits per heavy atom. The highest BCUT2D eigenvalue weighted by Gasteiger charge is 2.29. The highest BCUT2D eigenvalue weighted by molar-refractivity contribution is 9.10. The molecular weight excluding hydrogens is 400 g/mol. The van der Waals surface area contributed by atoms with E-state index in [0.29, 0.717) is 17.7 Å². The number of hydrogen-bond acceptors (Lipinski definition) is 2. The second kappa shape index (κ2) is 11.2. The molecule has 25 heavy (non-hydrogen) atoms. The van der Waals surface area contributed by atoms with Gasteiger partial charge in [-0.25, -0.2) is 0 Å². The Morgan fingerprint density at radius 2 is 2.16 bits per heavy atom. The first kappa shape index (κ1) is 22.5. The van der Waals surface area contributed by atoms with E-state index in [4.69, 9.17) is 0 Å². The summed E-state index contributed by atoms with van der Waals surface area (Å²) in [6, 6.07) is 8.36. The van der Waals surface area contributed by atoms with Crippen LogP contribution in [0.4, 0.5) is 0 Å². The number of nitrogens with one attached hydrogen (secondary N) is 1. The molecule has 2 unspecified atom stereocenters. The molecule has 5 heteroatoms. The van der Waals surface area contributed by atoms with Crippen molar-refractivity contribution in [3.05, 3.63) is 34.3 Å². The van der Waals surface area contributed by atoms with E-state index >= 15 is 0 Å². The molecular formula is C20H32BrClN2O. The lowest BCUT2D eigenvalue weighted by atomic mass is 9.88. The fourth-order valence-corrected chi connectivity index (χ4v) is 4.21. The van der Waals surface area contributed by atoms with Crippen molar-refractivity contribution in [1.29, 1.82) is 0 Å². The summed E-state index contributed by atoms with van der Waals surface area (Å²) < 4.78 is 1.09. The van der Waals surface area contributed by atoms with Crippen LogP contribution in [0.25, 0.3) is 0 Å². The Balaban J connectivity index is 0.00000312. The zero-order valence-corrected chi connectivity index (χ0v) is 18.0. The van der Waals surface area contributed by atoms with Gasteiger partial charge < -0.3 is 10.2 Å². The lowest BCUT2D eigenvalue weighted by Gasteiger charge is -2.35. The number of carbonyl (C=O) groups is 1. The number of amides is 1. The molecule has 0 spiro atoms. The van der Waals surface area contributed by atoms with Crippen LogP contribution in [0.15, 0.2) is 28.7 Å². The van der Waals surface area contributed by atoms with Gasteiger partial charge in [0.25, 0.3) is 0 Å². The van der Waals surface area contributed by atoms with Gasteiger partial charge in [0.1, 0.15) is 0 Å². The van der Waals surface area contributed by atoms with Gasteiger partial charge in [0.2, 0.25) is 5.91 Å². The number of benzene rings is 1. The van der Waals surface area contributed by atoms with Crippen LogP contribution in [0.2, 0.25) is 0 Å². The molecule has 0 aromatic heterocycles. The van der Waals surface area contributed by atoms with Crippen molar-refractivity contribution in [3.63, 3.8) is 0 Å². The maximum atomic E-state index is 13.2. The fraction of sp³-hybridized carbons (Fsp3) is 0.650. The number of carbonyl (C=O) groups excluding carboxylic acids is 1. The third kappa shape index (κ3) is 7.28. The number of halogens is 2. The van der Waals surface area contributed by atoms with Crippen LogP contribution in [0, 0.1) is 17.8 Å². The maximum absolute atomic E-state index is 13.2. The third-order valence-corrected chi connectivity index (χ3v) is 5.29. The summed E-state index contributed by atoms with van der Waals surface area (Å²) >= 11 is 3.54. The van der Waals surface area contributed by atoms with Crippen LogP contribution >= 0.6 is 28.3 Å². The quantitative estimate of drug-likeness (QED) is 0.687. The van der Waals surface area contributed by atoms with Crippen LogP contribution in [-0.4, -0.2) is 37.5 Å². The zero-order valence-electron chi connectivity index (χ0n) is 15.6.